The number of H-pyrrole nitrogens is 1. The Morgan fingerprint density at radius 3 is 2.95 bits per heavy atom. The normalized spacial score (nSPS) is 19.9. The number of nitrogens with zero attached hydrogens (tertiary/aromatic N) is 1. The molecule has 0 aromatic carbocycles. The van der Waals surface area contributed by atoms with E-state index in [0.717, 1.165) is 6.42 Å². The van der Waals surface area contributed by atoms with Gasteiger partial charge in [-0.15, -0.1) is 0 Å². The van der Waals surface area contributed by atoms with Crippen LogP contribution in [0.1, 0.15) is 16.9 Å². The molecule has 1 unspecified atom stereocenters. The fourth-order valence-electron chi connectivity index (χ4n) is 2.20. The molecule has 0 saturated carbocycles. The standard InChI is InChI=1S/C11H15ClN2O4S/c1-18-7-8-2-3-14(6-8)11(15)10-4-9(5-13-10)19(12,16)17/h4-5,8,13H,2-3,6-7H2,1H3. The Labute approximate surface area is 116 Å². The summed E-state index contributed by atoms with van der Waals surface area (Å²) in [5.41, 5.74) is 0.234. The number of likely N-dealkylation sites (tertiary alicyclic amines) is 1. The van der Waals surface area contributed by atoms with Gasteiger partial charge in [-0.2, -0.15) is 0 Å². The molecule has 106 valence electrons. The van der Waals surface area contributed by atoms with Crippen molar-refractivity contribution in [2.75, 3.05) is 26.8 Å². The van der Waals surface area contributed by atoms with Crippen LogP contribution in [0.15, 0.2) is 17.2 Å². The number of hydrogen-bond acceptors (Lipinski definition) is 4. The first-order valence-corrected chi connectivity index (χ1v) is 8.14. The van der Waals surface area contributed by atoms with Gasteiger partial charge >= 0.3 is 0 Å². The summed E-state index contributed by atoms with van der Waals surface area (Å²) in [6.45, 7) is 1.89. The number of rotatable bonds is 4. The highest BCUT2D eigenvalue weighted by atomic mass is 35.7. The number of aromatic nitrogens is 1. The molecule has 1 aromatic rings. The topological polar surface area (TPSA) is 79.5 Å². The SMILES string of the molecule is COCC1CCN(C(=O)c2cc(S(=O)(=O)Cl)c[nH]2)C1. The summed E-state index contributed by atoms with van der Waals surface area (Å²) in [5.74, 6) is 0.116. The molecule has 0 aliphatic carbocycles. The van der Waals surface area contributed by atoms with Crippen molar-refractivity contribution in [3.05, 3.63) is 18.0 Å². The van der Waals surface area contributed by atoms with Gasteiger partial charge in [-0.1, -0.05) is 0 Å². The van der Waals surface area contributed by atoms with Gasteiger partial charge in [0.1, 0.15) is 10.6 Å². The van der Waals surface area contributed by atoms with Crippen molar-refractivity contribution in [2.24, 2.45) is 5.92 Å². The van der Waals surface area contributed by atoms with E-state index in [-0.39, 0.29) is 16.5 Å². The van der Waals surface area contributed by atoms with Crippen molar-refractivity contribution < 1.29 is 17.9 Å². The van der Waals surface area contributed by atoms with Crippen molar-refractivity contribution in [2.45, 2.75) is 11.3 Å². The summed E-state index contributed by atoms with van der Waals surface area (Å²) in [6.07, 6.45) is 2.11. The van der Waals surface area contributed by atoms with Crippen LogP contribution in [-0.4, -0.2) is 51.0 Å². The van der Waals surface area contributed by atoms with Gasteiger partial charge in [0.15, 0.2) is 0 Å². The molecule has 8 heteroatoms. The van der Waals surface area contributed by atoms with E-state index in [0.29, 0.717) is 25.6 Å². The Hall–Kier alpha value is -1.05. The minimum absolute atomic E-state index is 0.0924. The van der Waals surface area contributed by atoms with Gasteiger partial charge in [0.05, 0.1) is 6.61 Å². The minimum Gasteiger partial charge on any atom is -0.384 e. The average Bonchev–Trinajstić information content (AvgIpc) is 2.96. The maximum Gasteiger partial charge on any atom is 0.270 e. The summed E-state index contributed by atoms with van der Waals surface area (Å²) in [6, 6.07) is 1.26. The van der Waals surface area contributed by atoms with E-state index in [1.807, 2.05) is 0 Å². The highest BCUT2D eigenvalue weighted by molar-refractivity contribution is 8.13. The van der Waals surface area contributed by atoms with Crippen molar-refractivity contribution in [3.8, 4) is 0 Å². The smallest absolute Gasteiger partial charge is 0.270 e. The second-order valence-electron chi connectivity index (χ2n) is 4.55. The van der Waals surface area contributed by atoms with Crippen LogP contribution in [0.3, 0.4) is 0 Å². The summed E-state index contributed by atoms with van der Waals surface area (Å²) < 4.78 is 27.3. The number of ether oxygens (including phenoxy) is 1. The van der Waals surface area contributed by atoms with Gasteiger partial charge in [-0.3, -0.25) is 4.79 Å². The molecular weight excluding hydrogens is 292 g/mol. The summed E-state index contributed by atoms with van der Waals surface area (Å²) in [4.78, 5) is 16.4. The summed E-state index contributed by atoms with van der Waals surface area (Å²) >= 11 is 0. The molecule has 1 aromatic heterocycles. The zero-order valence-electron chi connectivity index (χ0n) is 10.4. The maximum atomic E-state index is 12.2. The minimum atomic E-state index is -3.81. The Bertz CT molecular complexity index is 569. The fourth-order valence-corrected chi connectivity index (χ4v) is 2.92. The number of hydrogen-bond donors (Lipinski definition) is 1. The first-order chi connectivity index (χ1) is 8.91. The molecule has 0 radical (unpaired) electrons. The van der Waals surface area contributed by atoms with Gasteiger partial charge in [-0.25, -0.2) is 8.42 Å². The molecule has 0 spiro atoms. The monoisotopic (exact) mass is 306 g/mol. The average molecular weight is 307 g/mol. The number of carbonyl (C=O) groups excluding carboxylic acids is 1. The first-order valence-electron chi connectivity index (χ1n) is 5.83. The molecule has 0 bridgehead atoms. The number of halogens is 1. The van der Waals surface area contributed by atoms with Crippen molar-refractivity contribution in [1.82, 2.24) is 9.88 Å². The lowest BCUT2D eigenvalue weighted by Gasteiger charge is -2.15. The second-order valence-corrected chi connectivity index (χ2v) is 7.11. The van der Waals surface area contributed by atoms with E-state index < -0.39 is 9.05 Å². The van der Waals surface area contributed by atoms with E-state index >= 15 is 0 Å². The summed E-state index contributed by atoms with van der Waals surface area (Å²) in [7, 11) is 3.04. The Morgan fingerprint density at radius 1 is 1.63 bits per heavy atom. The molecule has 2 rings (SSSR count). The third-order valence-electron chi connectivity index (χ3n) is 3.14. The fraction of sp³-hybridized carbons (Fsp3) is 0.545. The molecule has 1 aliphatic heterocycles. The number of amides is 1. The molecule has 19 heavy (non-hydrogen) atoms. The van der Waals surface area contributed by atoms with E-state index in [1.54, 1.807) is 12.0 Å². The largest absolute Gasteiger partial charge is 0.384 e. The number of nitrogens with one attached hydrogen (secondary N) is 1. The van der Waals surface area contributed by atoms with E-state index in [9.17, 15) is 13.2 Å². The van der Waals surface area contributed by atoms with E-state index in [1.165, 1.54) is 12.3 Å². The van der Waals surface area contributed by atoms with Gasteiger partial charge < -0.3 is 14.6 Å². The van der Waals surface area contributed by atoms with Crippen LogP contribution < -0.4 is 0 Å². The van der Waals surface area contributed by atoms with Gasteiger partial charge in [0, 0.05) is 43.0 Å². The zero-order valence-corrected chi connectivity index (χ0v) is 12.0. The predicted octanol–water partition coefficient (Wildman–Crippen LogP) is 1.05. The highest BCUT2D eigenvalue weighted by Gasteiger charge is 2.28. The predicted molar refractivity (Wildman–Crippen MR) is 69.7 cm³/mol. The Balaban J connectivity index is 2.07. The molecule has 1 amide bonds. The van der Waals surface area contributed by atoms with E-state index in [2.05, 4.69) is 4.98 Å². The van der Waals surface area contributed by atoms with Gasteiger partial charge in [-0.05, 0) is 12.5 Å². The zero-order chi connectivity index (χ0) is 14.0. The molecule has 6 nitrogen and oxygen atoms in total. The van der Waals surface area contributed by atoms with Crippen LogP contribution in [0.25, 0.3) is 0 Å². The number of aromatic amines is 1. The highest BCUT2D eigenvalue weighted by Crippen LogP contribution is 2.21. The quantitative estimate of drug-likeness (QED) is 0.843. The van der Waals surface area contributed by atoms with Crippen LogP contribution >= 0.6 is 10.7 Å². The van der Waals surface area contributed by atoms with Crippen LogP contribution in [0.2, 0.25) is 0 Å². The van der Waals surface area contributed by atoms with E-state index in [4.69, 9.17) is 15.4 Å². The number of methoxy groups -OCH3 is 1. The molecular formula is C11H15ClN2O4S. The molecule has 1 aliphatic rings. The summed E-state index contributed by atoms with van der Waals surface area (Å²) in [5, 5.41) is 0. The molecule has 1 fully saturated rings. The third kappa shape index (κ3) is 3.29. The van der Waals surface area contributed by atoms with Crippen LogP contribution in [-0.2, 0) is 13.8 Å². The molecule has 2 heterocycles. The van der Waals surface area contributed by atoms with Crippen molar-refractivity contribution in [3.63, 3.8) is 0 Å². The number of carbonyl (C=O) groups is 1. The molecule has 1 atom stereocenters. The maximum absolute atomic E-state index is 12.2. The van der Waals surface area contributed by atoms with Gasteiger partial charge in [0.25, 0.3) is 15.0 Å². The Kier molecular flexibility index (Phi) is 4.17. The molecule has 1 N–H and O–H groups in total. The Morgan fingerprint density at radius 2 is 2.37 bits per heavy atom. The van der Waals surface area contributed by atoms with Crippen molar-refractivity contribution >= 4 is 25.6 Å². The lowest BCUT2D eigenvalue weighted by molar-refractivity contribution is 0.0770. The third-order valence-corrected chi connectivity index (χ3v) is 4.48. The lowest BCUT2D eigenvalue weighted by atomic mass is 10.1. The second kappa shape index (κ2) is 5.52. The lowest BCUT2D eigenvalue weighted by Crippen LogP contribution is -2.29. The van der Waals surface area contributed by atoms with Gasteiger partial charge in [0.2, 0.25) is 0 Å². The first kappa shape index (κ1) is 14.4. The van der Waals surface area contributed by atoms with Crippen LogP contribution in [0.4, 0.5) is 0 Å². The van der Waals surface area contributed by atoms with Crippen molar-refractivity contribution in [1.29, 1.82) is 0 Å². The van der Waals surface area contributed by atoms with Crippen LogP contribution in [0, 0.1) is 5.92 Å². The molecule has 1 saturated heterocycles. The van der Waals surface area contributed by atoms with Crippen LogP contribution in [0.5, 0.6) is 0 Å².